The van der Waals surface area contributed by atoms with Crippen LogP contribution in [0.15, 0.2) is 17.8 Å². The van der Waals surface area contributed by atoms with Gasteiger partial charge >= 0.3 is 12.1 Å². The third-order valence-electron chi connectivity index (χ3n) is 2.43. The van der Waals surface area contributed by atoms with E-state index in [0.717, 1.165) is 17.4 Å². The van der Waals surface area contributed by atoms with Gasteiger partial charge in [-0.2, -0.15) is 13.2 Å². The van der Waals surface area contributed by atoms with E-state index in [4.69, 9.17) is 5.11 Å². The quantitative estimate of drug-likeness (QED) is 0.945. The van der Waals surface area contributed by atoms with Crippen LogP contribution >= 0.6 is 11.3 Å². The molecular weight excluding hydrogens is 281 g/mol. The molecule has 0 bridgehead atoms. The number of nitrogens with zero attached hydrogens (tertiary/aromatic N) is 2. The average Bonchev–Trinajstić information content (AvgIpc) is 2.85. The lowest BCUT2D eigenvalue weighted by Crippen LogP contribution is -2.09. The maximum absolute atomic E-state index is 12.7. The Morgan fingerprint density at radius 3 is 2.58 bits per heavy atom. The van der Waals surface area contributed by atoms with Crippen LogP contribution in [-0.4, -0.2) is 20.6 Å². The fraction of sp³-hybridized carbons (Fsp3) is 0.273. The summed E-state index contributed by atoms with van der Waals surface area (Å²) in [7, 11) is 0. The molecule has 0 aromatic carbocycles. The summed E-state index contributed by atoms with van der Waals surface area (Å²) in [5.41, 5.74) is -1.30. The van der Waals surface area contributed by atoms with Gasteiger partial charge < -0.3 is 9.67 Å². The van der Waals surface area contributed by atoms with Gasteiger partial charge in [0.05, 0.1) is 28.4 Å². The monoisotopic (exact) mass is 290 g/mol. The zero-order valence-corrected chi connectivity index (χ0v) is 10.5. The molecular formula is C11H9F3N2O2S. The fourth-order valence-electron chi connectivity index (χ4n) is 1.66. The van der Waals surface area contributed by atoms with Crippen molar-refractivity contribution in [2.45, 2.75) is 19.6 Å². The molecule has 8 heteroatoms. The minimum Gasteiger partial charge on any atom is -0.478 e. The van der Waals surface area contributed by atoms with Gasteiger partial charge in [0, 0.05) is 17.8 Å². The lowest BCUT2D eigenvalue weighted by Gasteiger charge is -2.04. The number of hydrogen-bond donors (Lipinski definition) is 1. The van der Waals surface area contributed by atoms with E-state index >= 15 is 0 Å². The first-order valence-electron chi connectivity index (χ1n) is 5.18. The maximum Gasteiger partial charge on any atom is 0.418 e. The van der Waals surface area contributed by atoms with Crippen LogP contribution < -0.4 is 0 Å². The number of hydrogen-bond acceptors (Lipinski definition) is 3. The second-order valence-corrected chi connectivity index (χ2v) is 4.98. The summed E-state index contributed by atoms with van der Waals surface area (Å²) in [6.45, 7) is 1.90. The number of aromatic nitrogens is 2. The highest BCUT2D eigenvalue weighted by molar-refractivity contribution is 7.09. The van der Waals surface area contributed by atoms with Crippen molar-refractivity contribution in [3.8, 4) is 0 Å². The summed E-state index contributed by atoms with van der Waals surface area (Å²) >= 11 is 1.38. The van der Waals surface area contributed by atoms with Crippen molar-refractivity contribution < 1.29 is 23.1 Å². The number of aryl methyl sites for hydroxylation is 1. The van der Waals surface area contributed by atoms with Crippen LogP contribution in [0, 0.1) is 6.92 Å². The third kappa shape index (κ3) is 2.95. The predicted molar refractivity (Wildman–Crippen MR) is 62.3 cm³/mol. The van der Waals surface area contributed by atoms with Crippen LogP contribution in [0.3, 0.4) is 0 Å². The number of thiazole rings is 1. The summed E-state index contributed by atoms with van der Waals surface area (Å²) in [6, 6.07) is 0. The zero-order valence-electron chi connectivity index (χ0n) is 9.73. The van der Waals surface area contributed by atoms with E-state index in [9.17, 15) is 18.0 Å². The van der Waals surface area contributed by atoms with Gasteiger partial charge in [-0.05, 0) is 6.92 Å². The van der Waals surface area contributed by atoms with Crippen molar-refractivity contribution in [2.75, 3.05) is 0 Å². The van der Waals surface area contributed by atoms with Crippen molar-refractivity contribution in [1.82, 2.24) is 9.55 Å². The SMILES string of the molecule is Cc1nc(Cn2cc(C(=O)O)c(C(F)(F)F)c2)cs1. The highest BCUT2D eigenvalue weighted by Gasteiger charge is 2.37. The minimum atomic E-state index is -4.68. The van der Waals surface area contributed by atoms with E-state index in [1.165, 1.54) is 15.9 Å². The van der Waals surface area contributed by atoms with Crippen LogP contribution in [0.1, 0.15) is 26.6 Å². The Bertz CT molecular complexity index is 616. The van der Waals surface area contributed by atoms with E-state index in [1.54, 1.807) is 12.3 Å². The smallest absolute Gasteiger partial charge is 0.418 e. The number of carboxylic acids is 1. The van der Waals surface area contributed by atoms with Crippen molar-refractivity contribution in [3.05, 3.63) is 39.6 Å². The maximum atomic E-state index is 12.7. The molecule has 4 nitrogen and oxygen atoms in total. The van der Waals surface area contributed by atoms with Crippen molar-refractivity contribution in [3.63, 3.8) is 0 Å². The Hall–Kier alpha value is -1.83. The van der Waals surface area contributed by atoms with Crippen LogP contribution in [0.5, 0.6) is 0 Å². The minimum absolute atomic E-state index is 0.112. The number of aromatic carboxylic acids is 1. The molecule has 0 amide bonds. The Balaban J connectivity index is 2.35. The summed E-state index contributed by atoms with van der Waals surface area (Å²) in [6.07, 6.45) is -2.92. The third-order valence-corrected chi connectivity index (χ3v) is 3.25. The second-order valence-electron chi connectivity index (χ2n) is 3.92. The summed E-state index contributed by atoms with van der Waals surface area (Å²) < 4.78 is 39.2. The van der Waals surface area contributed by atoms with Gasteiger partial charge in [0.25, 0.3) is 0 Å². The van der Waals surface area contributed by atoms with Gasteiger partial charge in [-0.15, -0.1) is 11.3 Å². The molecule has 0 spiro atoms. The molecule has 0 aliphatic rings. The molecule has 0 aliphatic heterocycles. The molecule has 102 valence electrons. The standard InChI is InChI=1S/C11H9F3N2O2S/c1-6-15-7(5-19-6)2-16-3-8(10(17)18)9(4-16)11(12,13)14/h3-5H,2H2,1H3,(H,17,18). The summed E-state index contributed by atoms with van der Waals surface area (Å²) in [5.74, 6) is -1.60. The van der Waals surface area contributed by atoms with Crippen LogP contribution in [0.4, 0.5) is 13.2 Å². The van der Waals surface area contributed by atoms with Crippen molar-refractivity contribution >= 4 is 17.3 Å². The van der Waals surface area contributed by atoms with Crippen molar-refractivity contribution in [1.29, 1.82) is 0 Å². The molecule has 2 rings (SSSR count). The molecule has 19 heavy (non-hydrogen) atoms. The first kappa shape index (κ1) is 13.6. The first-order chi connectivity index (χ1) is 8.77. The number of halogens is 3. The average molecular weight is 290 g/mol. The molecule has 0 unspecified atom stereocenters. The Labute approximate surface area is 110 Å². The normalized spacial score (nSPS) is 11.8. The molecule has 0 radical (unpaired) electrons. The van der Waals surface area contributed by atoms with Gasteiger partial charge in [0.2, 0.25) is 0 Å². The highest BCUT2D eigenvalue weighted by atomic mass is 32.1. The summed E-state index contributed by atoms with van der Waals surface area (Å²) in [4.78, 5) is 14.9. The van der Waals surface area contributed by atoms with Gasteiger partial charge in [0.1, 0.15) is 0 Å². The topological polar surface area (TPSA) is 55.1 Å². The molecule has 0 saturated heterocycles. The number of carboxylic acid groups (broad SMARTS) is 1. The summed E-state index contributed by atoms with van der Waals surface area (Å²) in [5, 5.41) is 11.3. The fourth-order valence-corrected chi connectivity index (χ4v) is 2.27. The van der Waals surface area contributed by atoms with Gasteiger partial charge in [-0.25, -0.2) is 9.78 Å². The highest BCUT2D eigenvalue weighted by Crippen LogP contribution is 2.32. The van der Waals surface area contributed by atoms with E-state index in [0.29, 0.717) is 5.69 Å². The van der Waals surface area contributed by atoms with Crippen LogP contribution in [0.2, 0.25) is 0 Å². The Morgan fingerprint density at radius 2 is 2.16 bits per heavy atom. The Morgan fingerprint density at radius 1 is 1.47 bits per heavy atom. The number of rotatable bonds is 3. The van der Waals surface area contributed by atoms with E-state index in [1.807, 2.05) is 0 Å². The Kier molecular flexibility index (Phi) is 3.36. The zero-order chi connectivity index (χ0) is 14.2. The molecule has 0 atom stereocenters. The molecule has 2 aromatic heterocycles. The molecule has 0 fully saturated rings. The second kappa shape index (κ2) is 4.69. The molecule has 0 aliphatic carbocycles. The molecule has 0 saturated carbocycles. The largest absolute Gasteiger partial charge is 0.478 e. The lowest BCUT2D eigenvalue weighted by molar-refractivity contribution is -0.138. The predicted octanol–water partition coefficient (Wildman–Crippen LogP) is 3.02. The van der Waals surface area contributed by atoms with Gasteiger partial charge in [0.15, 0.2) is 0 Å². The van der Waals surface area contributed by atoms with E-state index in [2.05, 4.69) is 4.98 Å². The first-order valence-corrected chi connectivity index (χ1v) is 6.06. The van der Waals surface area contributed by atoms with E-state index < -0.39 is 23.3 Å². The van der Waals surface area contributed by atoms with Gasteiger partial charge in [-0.1, -0.05) is 0 Å². The van der Waals surface area contributed by atoms with Crippen molar-refractivity contribution in [2.24, 2.45) is 0 Å². The van der Waals surface area contributed by atoms with Gasteiger partial charge in [-0.3, -0.25) is 0 Å². The number of carbonyl (C=O) groups is 1. The number of alkyl halides is 3. The molecule has 1 N–H and O–H groups in total. The lowest BCUT2D eigenvalue weighted by atomic mass is 10.2. The van der Waals surface area contributed by atoms with Crippen LogP contribution in [0.25, 0.3) is 0 Å². The molecule has 2 aromatic rings. The van der Waals surface area contributed by atoms with Crippen LogP contribution in [-0.2, 0) is 12.7 Å². The van der Waals surface area contributed by atoms with E-state index in [-0.39, 0.29) is 6.54 Å². The molecule has 2 heterocycles.